The Balaban J connectivity index is 3.34. The van der Waals surface area contributed by atoms with Gasteiger partial charge in [0.1, 0.15) is 12.2 Å². The first-order valence-corrected chi connectivity index (χ1v) is 4.68. The SMILES string of the molecule is CC(C)O[PH+](O)OC(C)C. The van der Waals surface area contributed by atoms with Crippen molar-refractivity contribution >= 4 is 8.60 Å². The summed E-state index contributed by atoms with van der Waals surface area (Å²) in [6, 6.07) is 0. The van der Waals surface area contributed by atoms with Gasteiger partial charge >= 0.3 is 8.60 Å². The average Bonchev–Trinajstić information content (AvgIpc) is 1.58. The maximum absolute atomic E-state index is 9.05. The maximum Gasteiger partial charge on any atom is 0.395 e. The molecule has 0 heterocycles. The van der Waals surface area contributed by atoms with Crippen LogP contribution in [0.5, 0.6) is 0 Å². The van der Waals surface area contributed by atoms with Gasteiger partial charge in [0.25, 0.3) is 0 Å². The fourth-order valence-electron chi connectivity index (χ4n) is 0.431. The zero-order chi connectivity index (χ0) is 8.15. The van der Waals surface area contributed by atoms with Crippen molar-refractivity contribution in [1.29, 1.82) is 0 Å². The zero-order valence-electron chi connectivity index (χ0n) is 6.92. The van der Waals surface area contributed by atoms with Crippen LogP contribution in [-0.2, 0) is 9.05 Å². The molecule has 0 aromatic heterocycles. The van der Waals surface area contributed by atoms with E-state index in [1.807, 2.05) is 27.7 Å². The van der Waals surface area contributed by atoms with Gasteiger partial charge in [-0.1, -0.05) is 0 Å². The largest absolute Gasteiger partial charge is 0.395 e. The second-order valence-corrected chi connectivity index (χ2v) is 3.60. The average molecular weight is 167 g/mol. The molecular weight excluding hydrogens is 151 g/mol. The highest BCUT2D eigenvalue weighted by Gasteiger charge is 2.17. The summed E-state index contributed by atoms with van der Waals surface area (Å²) in [5.74, 6) is 0. The molecule has 3 nitrogen and oxygen atoms in total. The molecule has 0 saturated heterocycles. The second-order valence-electron chi connectivity index (χ2n) is 2.60. The summed E-state index contributed by atoms with van der Waals surface area (Å²) in [5, 5.41) is 0. The van der Waals surface area contributed by atoms with E-state index < -0.39 is 8.60 Å². The first-order chi connectivity index (χ1) is 4.52. The van der Waals surface area contributed by atoms with Crippen LogP contribution in [-0.4, -0.2) is 17.1 Å². The van der Waals surface area contributed by atoms with Crippen LogP contribution in [0.3, 0.4) is 0 Å². The summed E-state index contributed by atoms with van der Waals surface area (Å²) < 4.78 is 9.99. The standard InChI is InChI=1S/C6H16O3P/c1-5(2)8-10(7)9-6(3)4/h5-7,10H,1-4H3/q+1. The summed E-state index contributed by atoms with van der Waals surface area (Å²) in [6.07, 6.45) is 0.0790. The molecule has 1 N–H and O–H groups in total. The fraction of sp³-hybridized carbons (Fsp3) is 1.00. The molecule has 0 unspecified atom stereocenters. The van der Waals surface area contributed by atoms with Crippen molar-refractivity contribution in [2.75, 3.05) is 0 Å². The third-order valence-corrected chi connectivity index (χ3v) is 2.02. The predicted molar refractivity (Wildman–Crippen MR) is 43.0 cm³/mol. The highest BCUT2D eigenvalue weighted by molar-refractivity contribution is 7.40. The van der Waals surface area contributed by atoms with Crippen molar-refractivity contribution in [2.45, 2.75) is 39.9 Å². The quantitative estimate of drug-likeness (QED) is 0.648. The summed E-state index contributed by atoms with van der Waals surface area (Å²) in [6.45, 7) is 7.46. The molecule has 0 aliphatic heterocycles. The van der Waals surface area contributed by atoms with Crippen molar-refractivity contribution in [3.8, 4) is 0 Å². The topological polar surface area (TPSA) is 38.7 Å². The maximum atomic E-state index is 9.05. The van der Waals surface area contributed by atoms with Crippen molar-refractivity contribution in [2.24, 2.45) is 0 Å². The normalized spacial score (nSPS) is 12.0. The van der Waals surface area contributed by atoms with Crippen molar-refractivity contribution < 1.29 is 13.9 Å². The predicted octanol–water partition coefficient (Wildman–Crippen LogP) is 1.79. The molecular formula is C6H16O3P+. The van der Waals surface area contributed by atoms with Crippen LogP contribution < -0.4 is 0 Å². The molecule has 0 saturated carbocycles. The van der Waals surface area contributed by atoms with Gasteiger partial charge in [0.2, 0.25) is 0 Å². The number of rotatable bonds is 4. The molecule has 0 aliphatic rings. The Morgan fingerprint density at radius 3 is 1.50 bits per heavy atom. The highest BCUT2D eigenvalue weighted by atomic mass is 31.2. The highest BCUT2D eigenvalue weighted by Crippen LogP contribution is 2.35. The molecule has 62 valence electrons. The molecule has 0 aromatic rings. The number of hydrogen-bond acceptors (Lipinski definition) is 3. The van der Waals surface area contributed by atoms with Gasteiger partial charge < -0.3 is 0 Å². The molecule has 10 heavy (non-hydrogen) atoms. The van der Waals surface area contributed by atoms with Gasteiger partial charge in [0, 0.05) is 0 Å². The van der Waals surface area contributed by atoms with Crippen molar-refractivity contribution in [3.05, 3.63) is 0 Å². The molecule has 4 heteroatoms. The van der Waals surface area contributed by atoms with E-state index in [0.717, 1.165) is 0 Å². The molecule has 0 fully saturated rings. The Morgan fingerprint density at radius 2 is 1.30 bits per heavy atom. The first kappa shape index (κ1) is 10.3. The van der Waals surface area contributed by atoms with E-state index >= 15 is 0 Å². The zero-order valence-corrected chi connectivity index (χ0v) is 7.92. The van der Waals surface area contributed by atoms with Gasteiger partial charge in [0.05, 0.1) is 0 Å². The molecule has 0 aromatic carbocycles. The Labute approximate surface area is 63.3 Å². The van der Waals surface area contributed by atoms with Gasteiger partial charge in [0.15, 0.2) is 0 Å². The van der Waals surface area contributed by atoms with Gasteiger partial charge in [-0.2, -0.15) is 13.9 Å². The lowest BCUT2D eigenvalue weighted by atomic mass is 10.5. The smallest absolute Gasteiger partial charge is 0.194 e. The summed E-state index contributed by atoms with van der Waals surface area (Å²) in [5.41, 5.74) is 0. The third kappa shape index (κ3) is 6.43. The van der Waals surface area contributed by atoms with Crippen molar-refractivity contribution in [1.82, 2.24) is 0 Å². The van der Waals surface area contributed by atoms with E-state index in [0.29, 0.717) is 0 Å². The van der Waals surface area contributed by atoms with E-state index in [-0.39, 0.29) is 12.2 Å². The lowest BCUT2D eigenvalue weighted by Crippen LogP contribution is -2.03. The first-order valence-electron chi connectivity index (χ1n) is 3.41. The van der Waals surface area contributed by atoms with Crippen LogP contribution in [0.1, 0.15) is 27.7 Å². The van der Waals surface area contributed by atoms with E-state index in [4.69, 9.17) is 13.9 Å². The Hall–Kier alpha value is 0.310. The lowest BCUT2D eigenvalue weighted by Gasteiger charge is -2.06. The lowest BCUT2D eigenvalue weighted by molar-refractivity contribution is 0.139. The fourth-order valence-corrected chi connectivity index (χ4v) is 1.29. The van der Waals surface area contributed by atoms with E-state index in [1.165, 1.54) is 0 Å². The minimum Gasteiger partial charge on any atom is -0.194 e. The van der Waals surface area contributed by atoms with Crippen LogP contribution in [0.2, 0.25) is 0 Å². The van der Waals surface area contributed by atoms with Crippen LogP contribution in [0.15, 0.2) is 0 Å². The van der Waals surface area contributed by atoms with Crippen LogP contribution in [0.4, 0.5) is 0 Å². The summed E-state index contributed by atoms with van der Waals surface area (Å²) in [4.78, 5) is 9.05. The van der Waals surface area contributed by atoms with Gasteiger partial charge in [-0.3, -0.25) is 0 Å². The Kier molecular flexibility index (Phi) is 5.18. The monoisotopic (exact) mass is 167 g/mol. The van der Waals surface area contributed by atoms with E-state index in [9.17, 15) is 0 Å². The van der Waals surface area contributed by atoms with E-state index in [2.05, 4.69) is 0 Å². The molecule has 0 bridgehead atoms. The Morgan fingerprint density at radius 1 is 1.00 bits per heavy atom. The van der Waals surface area contributed by atoms with Gasteiger partial charge in [-0.15, -0.1) is 0 Å². The van der Waals surface area contributed by atoms with Gasteiger partial charge in [-0.25, -0.2) is 0 Å². The minimum atomic E-state index is -1.99. The molecule has 0 aliphatic carbocycles. The molecule has 0 spiro atoms. The summed E-state index contributed by atoms with van der Waals surface area (Å²) in [7, 11) is -1.99. The van der Waals surface area contributed by atoms with Crippen LogP contribution in [0.25, 0.3) is 0 Å². The molecule has 0 atom stereocenters. The molecule has 0 amide bonds. The van der Waals surface area contributed by atoms with Gasteiger partial charge in [-0.05, 0) is 27.7 Å². The number of hydrogen-bond donors (Lipinski definition) is 1. The summed E-state index contributed by atoms with van der Waals surface area (Å²) >= 11 is 0. The third-order valence-electron chi connectivity index (χ3n) is 0.673. The second kappa shape index (κ2) is 5.03. The molecule has 0 radical (unpaired) electrons. The molecule has 0 rings (SSSR count). The Bertz CT molecular complexity index is 75.1. The van der Waals surface area contributed by atoms with Crippen molar-refractivity contribution in [3.63, 3.8) is 0 Å². The van der Waals surface area contributed by atoms with Crippen LogP contribution in [0, 0.1) is 0 Å². The van der Waals surface area contributed by atoms with Crippen LogP contribution >= 0.6 is 8.60 Å². The minimum absolute atomic E-state index is 0.0395. The van der Waals surface area contributed by atoms with E-state index in [1.54, 1.807) is 0 Å².